The summed E-state index contributed by atoms with van der Waals surface area (Å²) in [5.41, 5.74) is 1.19. The Bertz CT molecular complexity index is 704. The first-order chi connectivity index (χ1) is 9.25. The van der Waals surface area contributed by atoms with Crippen molar-refractivity contribution in [2.75, 3.05) is 0 Å². The molecule has 0 fully saturated rings. The highest BCUT2D eigenvalue weighted by Crippen LogP contribution is 2.26. The molecule has 0 aliphatic rings. The monoisotopic (exact) mass is 268 g/mol. The zero-order valence-electron chi connectivity index (χ0n) is 10.6. The van der Waals surface area contributed by atoms with Crippen LogP contribution in [-0.4, -0.2) is 9.54 Å². The molecule has 0 aliphatic heterocycles. The van der Waals surface area contributed by atoms with Crippen molar-refractivity contribution in [2.24, 2.45) is 0 Å². The van der Waals surface area contributed by atoms with Gasteiger partial charge in [-0.05, 0) is 36.6 Å². The van der Waals surface area contributed by atoms with Gasteiger partial charge in [-0.15, -0.1) is 0 Å². The second-order valence-corrected chi connectivity index (χ2v) is 5.86. The zero-order chi connectivity index (χ0) is 13.2. The number of aromatic nitrogens is 1. The van der Waals surface area contributed by atoms with Gasteiger partial charge in [0, 0.05) is 6.20 Å². The first-order valence-electron chi connectivity index (χ1n) is 6.09. The van der Waals surface area contributed by atoms with E-state index in [1.807, 2.05) is 61.5 Å². The van der Waals surface area contributed by atoms with E-state index in [0.29, 0.717) is 0 Å². The van der Waals surface area contributed by atoms with Crippen molar-refractivity contribution in [1.29, 1.82) is 0 Å². The van der Waals surface area contributed by atoms with Crippen LogP contribution in [0.25, 0.3) is 10.8 Å². The van der Waals surface area contributed by atoms with Gasteiger partial charge in [-0.25, -0.2) is 4.98 Å². The van der Waals surface area contributed by atoms with E-state index in [1.54, 1.807) is 6.20 Å². The predicted octanol–water partition coefficient (Wildman–Crippen LogP) is 4.05. The summed E-state index contributed by atoms with van der Waals surface area (Å²) in [4.78, 5) is 5.27. The van der Waals surface area contributed by atoms with Gasteiger partial charge in [0.15, 0.2) is 4.90 Å². The minimum Gasteiger partial charge on any atom is -0.207 e. The van der Waals surface area contributed by atoms with E-state index < -0.39 is 11.2 Å². The molecule has 2 nitrogen and oxygen atoms in total. The van der Waals surface area contributed by atoms with E-state index in [0.717, 1.165) is 20.7 Å². The number of hydrogen-bond acceptors (Lipinski definition) is 2. The minimum atomic E-state index is -0.991. The van der Waals surface area contributed by atoms with E-state index in [1.165, 1.54) is 5.56 Å². The first-order valence-corrected chi connectivity index (χ1v) is 7.27. The van der Waals surface area contributed by atoms with Crippen molar-refractivity contribution >= 4 is 21.9 Å². The molecule has 0 saturated heterocycles. The van der Waals surface area contributed by atoms with E-state index in [2.05, 4.69) is 4.98 Å². The molecule has 2 aromatic carbocycles. The van der Waals surface area contributed by atoms with Gasteiger partial charge in [0.1, 0.15) is 0 Å². The molecule has 0 aliphatic carbocycles. The highest BCUT2D eigenvalue weighted by Gasteiger charge is 2.27. The Labute approximate surface area is 115 Å². The molecule has 3 rings (SSSR count). The minimum absolute atomic E-state index is 0.738. The van der Waals surface area contributed by atoms with Crippen molar-refractivity contribution in [3.05, 3.63) is 66.4 Å². The van der Waals surface area contributed by atoms with Crippen molar-refractivity contribution in [2.45, 2.75) is 16.8 Å². The van der Waals surface area contributed by atoms with Gasteiger partial charge < -0.3 is 0 Å². The van der Waals surface area contributed by atoms with Crippen molar-refractivity contribution in [1.82, 2.24) is 4.98 Å². The van der Waals surface area contributed by atoms with Crippen LogP contribution in [0.3, 0.4) is 0 Å². The number of rotatable bonds is 2. The molecule has 94 valence electrons. The summed E-state index contributed by atoms with van der Waals surface area (Å²) < 4.78 is 10.5. The Balaban J connectivity index is 2.11. The van der Waals surface area contributed by atoms with Crippen LogP contribution in [0, 0.1) is 6.92 Å². The van der Waals surface area contributed by atoms with Crippen LogP contribution in [-0.2, 0) is 11.2 Å². The molecule has 0 spiro atoms. The Morgan fingerprint density at radius 1 is 0.947 bits per heavy atom. The summed E-state index contributed by atoms with van der Waals surface area (Å²) in [5.74, 6) is 0. The highest BCUT2D eigenvalue weighted by atomic mass is 32.2. The summed E-state index contributed by atoms with van der Waals surface area (Å²) in [6.45, 7) is 2.04. The van der Waals surface area contributed by atoms with Crippen LogP contribution in [0.2, 0.25) is 0 Å². The van der Waals surface area contributed by atoms with Crippen LogP contribution >= 0.6 is 0 Å². The fourth-order valence-electron chi connectivity index (χ4n) is 2.02. The fraction of sp³-hybridized carbons (Fsp3) is 0.0625. The molecule has 1 aromatic heterocycles. The number of pyridine rings is 1. The van der Waals surface area contributed by atoms with Crippen molar-refractivity contribution in [3.8, 4) is 0 Å². The Morgan fingerprint density at radius 3 is 2.47 bits per heavy atom. The standard InChI is InChI=1S/C16H14NOS/c1-12-6-8-14(9-7-12)19(18)16-15-5-3-2-4-13(15)10-11-17-16/h2-11,18H,1H3/q+1. The normalized spacial score (nSPS) is 12.5. The van der Waals surface area contributed by atoms with Crippen LogP contribution in [0.5, 0.6) is 0 Å². The first kappa shape index (κ1) is 12.2. The Kier molecular flexibility index (Phi) is 3.23. The lowest BCUT2D eigenvalue weighted by Gasteiger charge is -2.02. The topological polar surface area (TPSA) is 33.1 Å². The molecule has 0 saturated carbocycles. The Morgan fingerprint density at radius 2 is 1.68 bits per heavy atom. The van der Waals surface area contributed by atoms with Gasteiger partial charge in [0.25, 0.3) is 5.03 Å². The summed E-state index contributed by atoms with van der Waals surface area (Å²) in [6, 6.07) is 17.9. The molecule has 3 heteroatoms. The smallest absolute Gasteiger partial charge is 0.207 e. The van der Waals surface area contributed by atoms with Crippen LogP contribution < -0.4 is 0 Å². The van der Waals surface area contributed by atoms with Gasteiger partial charge in [0.2, 0.25) is 11.2 Å². The molecule has 0 bridgehead atoms. The van der Waals surface area contributed by atoms with Gasteiger partial charge in [-0.3, -0.25) is 0 Å². The van der Waals surface area contributed by atoms with E-state index in [4.69, 9.17) is 0 Å². The van der Waals surface area contributed by atoms with Crippen LogP contribution in [0.1, 0.15) is 5.56 Å². The number of benzene rings is 2. The molecule has 3 aromatic rings. The lowest BCUT2D eigenvalue weighted by Crippen LogP contribution is -2.04. The van der Waals surface area contributed by atoms with Gasteiger partial charge in [-0.1, -0.05) is 35.9 Å². The maximum Gasteiger partial charge on any atom is 0.295 e. The quantitative estimate of drug-likeness (QED) is 0.711. The summed E-state index contributed by atoms with van der Waals surface area (Å²) in [5, 5.41) is 2.85. The van der Waals surface area contributed by atoms with E-state index >= 15 is 0 Å². The van der Waals surface area contributed by atoms with Crippen LogP contribution in [0.15, 0.2) is 70.7 Å². The number of hydrogen-bond donors (Lipinski definition) is 1. The van der Waals surface area contributed by atoms with E-state index in [9.17, 15) is 4.55 Å². The maximum atomic E-state index is 10.5. The van der Waals surface area contributed by atoms with Crippen molar-refractivity contribution < 1.29 is 4.55 Å². The lowest BCUT2D eigenvalue weighted by molar-refractivity contribution is 0.635. The zero-order valence-corrected chi connectivity index (χ0v) is 11.4. The number of nitrogens with zero attached hydrogens (tertiary/aromatic N) is 1. The molecule has 1 atom stereocenters. The summed E-state index contributed by atoms with van der Waals surface area (Å²) >= 11 is -0.991. The third kappa shape index (κ3) is 2.35. The molecule has 1 N–H and O–H groups in total. The molecular weight excluding hydrogens is 254 g/mol. The number of aryl methyl sites for hydroxylation is 1. The largest absolute Gasteiger partial charge is 0.295 e. The highest BCUT2D eigenvalue weighted by molar-refractivity contribution is 7.91. The maximum absolute atomic E-state index is 10.5. The summed E-state index contributed by atoms with van der Waals surface area (Å²) in [6.07, 6.45) is 1.75. The number of fused-ring (bicyclic) bond motifs is 1. The van der Waals surface area contributed by atoms with E-state index in [-0.39, 0.29) is 0 Å². The third-order valence-electron chi connectivity index (χ3n) is 3.06. The van der Waals surface area contributed by atoms with Crippen molar-refractivity contribution in [3.63, 3.8) is 0 Å². The van der Waals surface area contributed by atoms with Gasteiger partial charge in [-0.2, -0.15) is 4.55 Å². The predicted molar refractivity (Wildman–Crippen MR) is 79.4 cm³/mol. The second-order valence-electron chi connectivity index (χ2n) is 4.43. The molecule has 1 unspecified atom stereocenters. The molecule has 0 amide bonds. The molecule has 19 heavy (non-hydrogen) atoms. The van der Waals surface area contributed by atoms with Gasteiger partial charge >= 0.3 is 0 Å². The van der Waals surface area contributed by atoms with Gasteiger partial charge in [0.05, 0.1) is 5.39 Å². The van der Waals surface area contributed by atoms with Crippen LogP contribution in [0.4, 0.5) is 0 Å². The summed E-state index contributed by atoms with van der Waals surface area (Å²) in [7, 11) is 0. The molecule has 1 heterocycles. The molecule has 0 radical (unpaired) electrons. The lowest BCUT2D eigenvalue weighted by atomic mass is 10.2. The SMILES string of the molecule is Cc1ccc([S+](O)c2nccc3ccccc23)cc1. The fourth-order valence-corrected chi connectivity index (χ4v) is 3.20. The third-order valence-corrected chi connectivity index (χ3v) is 4.47. The molecular formula is C16H14NOS+. The average molecular weight is 268 g/mol. The average Bonchev–Trinajstić information content (AvgIpc) is 2.47. The second kappa shape index (κ2) is 5.03. The Hall–Kier alpha value is -1.84.